The second-order valence-electron chi connectivity index (χ2n) is 4.55. The lowest BCUT2D eigenvalue weighted by atomic mass is 10.1. The van der Waals surface area contributed by atoms with Crippen molar-refractivity contribution in [2.24, 2.45) is 0 Å². The molecule has 0 bridgehead atoms. The molecule has 0 aromatic heterocycles. The zero-order valence-corrected chi connectivity index (χ0v) is 10.2. The Hall–Kier alpha value is -2.44. The normalized spacial score (nSPS) is 15.6. The SMILES string of the molecule is Cc1c(C(=O)NC2(C(=O)O)CC2)cccc1[N+](=O)[O-]. The largest absolute Gasteiger partial charge is 0.480 e. The number of amides is 1. The fourth-order valence-electron chi connectivity index (χ4n) is 1.87. The lowest BCUT2D eigenvalue weighted by Crippen LogP contribution is -2.43. The number of hydrogen-bond donors (Lipinski definition) is 2. The van der Waals surface area contributed by atoms with Crippen LogP contribution in [-0.2, 0) is 4.79 Å². The molecule has 1 aromatic rings. The molecule has 0 aliphatic heterocycles. The number of nitro groups is 1. The van der Waals surface area contributed by atoms with Gasteiger partial charge in [0.1, 0.15) is 5.54 Å². The van der Waals surface area contributed by atoms with Crippen molar-refractivity contribution in [2.45, 2.75) is 25.3 Å². The van der Waals surface area contributed by atoms with Gasteiger partial charge in [0.25, 0.3) is 11.6 Å². The maximum absolute atomic E-state index is 12.0. The van der Waals surface area contributed by atoms with Gasteiger partial charge in [0.15, 0.2) is 0 Å². The van der Waals surface area contributed by atoms with Gasteiger partial charge in [-0.3, -0.25) is 14.9 Å². The number of carbonyl (C=O) groups excluding carboxylic acids is 1. The quantitative estimate of drug-likeness (QED) is 0.628. The third-order valence-corrected chi connectivity index (χ3v) is 3.26. The van der Waals surface area contributed by atoms with E-state index in [0.717, 1.165) is 0 Å². The van der Waals surface area contributed by atoms with Gasteiger partial charge >= 0.3 is 5.97 Å². The number of nitrogens with one attached hydrogen (secondary N) is 1. The van der Waals surface area contributed by atoms with Crippen molar-refractivity contribution in [3.05, 3.63) is 39.4 Å². The van der Waals surface area contributed by atoms with Gasteiger partial charge < -0.3 is 10.4 Å². The molecule has 100 valence electrons. The van der Waals surface area contributed by atoms with E-state index in [1.54, 1.807) is 0 Å². The Kier molecular flexibility index (Phi) is 2.97. The standard InChI is InChI=1S/C12H12N2O5/c1-7-8(3-2-4-9(7)14(18)19)10(15)13-12(5-6-12)11(16)17/h2-4H,5-6H2,1H3,(H,13,15)(H,16,17). The maximum Gasteiger partial charge on any atom is 0.329 e. The van der Waals surface area contributed by atoms with Gasteiger partial charge in [-0.2, -0.15) is 0 Å². The van der Waals surface area contributed by atoms with E-state index < -0.39 is 22.3 Å². The topological polar surface area (TPSA) is 110 Å². The molecule has 0 radical (unpaired) electrons. The average molecular weight is 264 g/mol. The van der Waals surface area contributed by atoms with E-state index in [2.05, 4.69) is 5.32 Å². The molecule has 1 amide bonds. The Labute approximate surface area is 108 Å². The first-order chi connectivity index (χ1) is 8.87. The minimum atomic E-state index is -1.20. The van der Waals surface area contributed by atoms with Gasteiger partial charge in [0.2, 0.25) is 0 Å². The van der Waals surface area contributed by atoms with Crippen LogP contribution in [-0.4, -0.2) is 27.4 Å². The molecule has 0 heterocycles. The summed E-state index contributed by atoms with van der Waals surface area (Å²) in [5.41, 5.74) is -1.01. The molecule has 2 rings (SSSR count). The number of benzene rings is 1. The molecule has 1 fully saturated rings. The van der Waals surface area contributed by atoms with Crippen LogP contribution in [0.5, 0.6) is 0 Å². The highest BCUT2D eigenvalue weighted by atomic mass is 16.6. The Bertz CT molecular complexity index is 577. The van der Waals surface area contributed by atoms with Crippen LogP contribution in [0.15, 0.2) is 18.2 Å². The van der Waals surface area contributed by atoms with Crippen LogP contribution in [0, 0.1) is 17.0 Å². The molecule has 0 saturated heterocycles. The number of nitrogens with zero attached hydrogens (tertiary/aromatic N) is 1. The number of nitro benzene ring substituents is 1. The Balaban J connectivity index is 2.28. The predicted octanol–water partition coefficient (Wildman–Crippen LogP) is 1.25. The lowest BCUT2D eigenvalue weighted by Gasteiger charge is -2.13. The van der Waals surface area contributed by atoms with Gasteiger partial charge in [0.05, 0.1) is 4.92 Å². The minimum absolute atomic E-state index is 0.127. The summed E-state index contributed by atoms with van der Waals surface area (Å²) in [6, 6.07) is 4.15. The summed E-state index contributed by atoms with van der Waals surface area (Å²) >= 11 is 0. The molecule has 1 saturated carbocycles. The molecule has 7 nitrogen and oxygen atoms in total. The van der Waals surface area contributed by atoms with Crippen LogP contribution in [0.2, 0.25) is 0 Å². The maximum atomic E-state index is 12.0. The summed E-state index contributed by atoms with van der Waals surface area (Å²) in [5, 5.41) is 22.2. The summed E-state index contributed by atoms with van der Waals surface area (Å²) in [4.78, 5) is 33.2. The summed E-state index contributed by atoms with van der Waals surface area (Å²) in [5.74, 6) is -1.68. The zero-order chi connectivity index (χ0) is 14.2. The van der Waals surface area contributed by atoms with Crippen molar-refractivity contribution >= 4 is 17.6 Å². The minimum Gasteiger partial charge on any atom is -0.480 e. The van der Waals surface area contributed by atoms with E-state index >= 15 is 0 Å². The molecule has 2 N–H and O–H groups in total. The smallest absolute Gasteiger partial charge is 0.329 e. The number of carbonyl (C=O) groups is 2. The lowest BCUT2D eigenvalue weighted by molar-refractivity contribution is -0.385. The van der Waals surface area contributed by atoms with Gasteiger partial charge in [-0.05, 0) is 25.8 Å². The van der Waals surface area contributed by atoms with E-state index in [4.69, 9.17) is 5.11 Å². The molecular formula is C12H12N2O5. The van der Waals surface area contributed by atoms with Crippen molar-refractivity contribution < 1.29 is 19.6 Å². The van der Waals surface area contributed by atoms with E-state index in [0.29, 0.717) is 12.8 Å². The third-order valence-electron chi connectivity index (χ3n) is 3.26. The van der Waals surface area contributed by atoms with Crippen molar-refractivity contribution in [1.29, 1.82) is 0 Å². The second-order valence-corrected chi connectivity index (χ2v) is 4.55. The van der Waals surface area contributed by atoms with E-state index in [-0.39, 0.29) is 16.8 Å². The predicted molar refractivity (Wildman–Crippen MR) is 64.9 cm³/mol. The van der Waals surface area contributed by atoms with Gasteiger partial charge in [-0.15, -0.1) is 0 Å². The second kappa shape index (κ2) is 4.34. The van der Waals surface area contributed by atoms with Crippen LogP contribution < -0.4 is 5.32 Å². The van der Waals surface area contributed by atoms with Crippen LogP contribution >= 0.6 is 0 Å². The number of carboxylic acid groups (broad SMARTS) is 1. The fraction of sp³-hybridized carbons (Fsp3) is 0.333. The summed E-state index contributed by atoms with van der Waals surface area (Å²) < 4.78 is 0. The van der Waals surface area contributed by atoms with Crippen LogP contribution in [0.1, 0.15) is 28.8 Å². The molecular weight excluding hydrogens is 252 g/mol. The van der Waals surface area contributed by atoms with Crippen LogP contribution in [0.25, 0.3) is 0 Å². The highest BCUT2D eigenvalue weighted by molar-refractivity contribution is 6.00. The first-order valence-electron chi connectivity index (χ1n) is 5.67. The number of rotatable bonds is 4. The molecule has 19 heavy (non-hydrogen) atoms. The van der Waals surface area contributed by atoms with Gasteiger partial charge in [0, 0.05) is 17.2 Å². The number of aliphatic carboxylic acids is 1. The molecule has 1 aromatic carbocycles. The number of hydrogen-bond acceptors (Lipinski definition) is 4. The van der Waals surface area contributed by atoms with Crippen molar-refractivity contribution in [1.82, 2.24) is 5.32 Å². The third kappa shape index (κ3) is 2.26. The zero-order valence-electron chi connectivity index (χ0n) is 10.2. The van der Waals surface area contributed by atoms with E-state index in [9.17, 15) is 19.7 Å². The van der Waals surface area contributed by atoms with Crippen molar-refractivity contribution in [3.63, 3.8) is 0 Å². The van der Waals surface area contributed by atoms with Gasteiger partial charge in [-0.25, -0.2) is 4.79 Å². The van der Waals surface area contributed by atoms with E-state index in [1.807, 2.05) is 0 Å². The van der Waals surface area contributed by atoms with Crippen molar-refractivity contribution in [2.75, 3.05) is 0 Å². The molecule has 7 heteroatoms. The van der Waals surface area contributed by atoms with Crippen LogP contribution in [0.4, 0.5) is 5.69 Å². The fourth-order valence-corrected chi connectivity index (χ4v) is 1.87. The Morgan fingerprint density at radius 2 is 2.05 bits per heavy atom. The highest BCUT2D eigenvalue weighted by Crippen LogP contribution is 2.36. The summed E-state index contributed by atoms with van der Waals surface area (Å²) in [7, 11) is 0. The number of carboxylic acids is 1. The monoisotopic (exact) mass is 264 g/mol. The van der Waals surface area contributed by atoms with Crippen LogP contribution in [0.3, 0.4) is 0 Å². The average Bonchev–Trinajstić information content (AvgIpc) is 3.09. The Morgan fingerprint density at radius 3 is 2.53 bits per heavy atom. The molecule has 0 spiro atoms. The molecule has 1 aliphatic rings. The highest BCUT2D eigenvalue weighted by Gasteiger charge is 2.51. The molecule has 1 aliphatic carbocycles. The molecule has 0 atom stereocenters. The van der Waals surface area contributed by atoms with Crippen molar-refractivity contribution in [3.8, 4) is 0 Å². The summed E-state index contributed by atoms with van der Waals surface area (Å²) in [6.45, 7) is 1.47. The summed E-state index contributed by atoms with van der Waals surface area (Å²) in [6.07, 6.45) is 0.754. The first kappa shape index (κ1) is 13.0. The van der Waals surface area contributed by atoms with Gasteiger partial charge in [-0.1, -0.05) is 6.07 Å². The van der Waals surface area contributed by atoms with E-state index in [1.165, 1.54) is 25.1 Å². The molecule has 0 unspecified atom stereocenters. The Morgan fingerprint density at radius 1 is 1.42 bits per heavy atom. The first-order valence-corrected chi connectivity index (χ1v) is 5.67.